The number of benzene rings is 2. The number of nitrogens with zero attached hydrogens (tertiary/aromatic N) is 3. The number of carbonyl (C=O) groups excluding carboxylic acids is 1. The third-order valence-corrected chi connectivity index (χ3v) is 7.53. The van der Waals surface area contributed by atoms with Gasteiger partial charge in [0, 0.05) is 24.2 Å². The van der Waals surface area contributed by atoms with Crippen LogP contribution in [0.4, 0.5) is 37.0 Å². The number of anilines is 1. The molecule has 5 rings (SSSR count). The number of halogens is 6. The zero-order valence-corrected chi connectivity index (χ0v) is 22.6. The number of aromatic nitrogens is 1. The molecule has 224 valence electrons. The first-order valence-corrected chi connectivity index (χ1v) is 13.1. The third-order valence-electron chi connectivity index (χ3n) is 7.53. The first-order chi connectivity index (χ1) is 19.8. The SMILES string of the molecule is COc1ccc(CO)cc1-c1ccc(N2CCC2)nc1CN1C(=O)OC(c2cc(C(F)(F)F)cc(C(F)(F)F)c2)C1C. The lowest BCUT2D eigenvalue weighted by atomic mass is 9.97. The molecule has 2 unspecified atom stereocenters. The Morgan fingerprint density at radius 1 is 0.976 bits per heavy atom. The second-order valence-corrected chi connectivity index (χ2v) is 10.2. The highest BCUT2D eigenvalue weighted by Crippen LogP contribution is 2.42. The maximum atomic E-state index is 13.5. The monoisotopic (exact) mass is 595 g/mol. The number of ether oxygens (including phenoxy) is 2. The first-order valence-electron chi connectivity index (χ1n) is 13.1. The minimum atomic E-state index is -5.04. The van der Waals surface area contributed by atoms with Crippen molar-refractivity contribution in [2.45, 2.75) is 51.0 Å². The predicted molar refractivity (Wildman–Crippen MR) is 140 cm³/mol. The number of cyclic esters (lactones) is 1. The van der Waals surface area contributed by atoms with Gasteiger partial charge in [-0.05, 0) is 66.9 Å². The summed E-state index contributed by atoms with van der Waals surface area (Å²) in [5.74, 6) is 1.13. The summed E-state index contributed by atoms with van der Waals surface area (Å²) in [5, 5.41) is 9.70. The van der Waals surface area contributed by atoms with E-state index in [1.54, 1.807) is 24.3 Å². The zero-order chi connectivity index (χ0) is 30.4. The predicted octanol–water partition coefficient (Wildman–Crippen LogP) is 6.58. The molecule has 1 N–H and O–H groups in total. The topological polar surface area (TPSA) is 75.1 Å². The molecule has 2 fully saturated rings. The van der Waals surface area contributed by atoms with E-state index >= 15 is 0 Å². The second-order valence-electron chi connectivity index (χ2n) is 10.2. The number of alkyl halides is 6. The molecule has 1 amide bonds. The molecule has 0 bridgehead atoms. The van der Waals surface area contributed by atoms with E-state index in [9.17, 15) is 36.2 Å². The van der Waals surface area contributed by atoms with Gasteiger partial charge in [-0.3, -0.25) is 4.90 Å². The number of rotatable bonds is 7. The van der Waals surface area contributed by atoms with E-state index in [0.717, 1.165) is 19.5 Å². The lowest BCUT2D eigenvalue weighted by Gasteiger charge is -2.33. The van der Waals surface area contributed by atoms with Crippen LogP contribution in [0.15, 0.2) is 48.5 Å². The molecule has 2 atom stereocenters. The number of pyridine rings is 1. The van der Waals surface area contributed by atoms with Crippen molar-refractivity contribution in [3.63, 3.8) is 0 Å². The Morgan fingerprint density at radius 3 is 2.19 bits per heavy atom. The highest BCUT2D eigenvalue weighted by Gasteiger charge is 2.43. The van der Waals surface area contributed by atoms with E-state index < -0.39 is 47.3 Å². The lowest BCUT2D eigenvalue weighted by Crippen LogP contribution is -2.38. The van der Waals surface area contributed by atoms with E-state index in [2.05, 4.69) is 0 Å². The molecule has 3 aromatic rings. The molecular weight excluding hydrogens is 568 g/mol. The summed E-state index contributed by atoms with van der Waals surface area (Å²) in [6.07, 6.45) is -11.4. The molecule has 42 heavy (non-hydrogen) atoms. The quantitative estimate of drug-likeness (QED) is 0.311. The average molecular weight is 596 g/mol. The van der Waals surface area contributed by atoms with Crippen LogP contribution in [0.3, 0.4) is 0 Å². The van der Waals surface area contributed by atoms with Crippen LogP contribution in [0.1, 0.15) is 47.4 Å². The lowest BCUT2D eigenvalue weighted by molar-refractivity contribution is -0.143. The molecule has 0 spiro atoms. The van der Waals surface area contributed by atoms with E-state index in [1.807, 2.05) is 11.0 Å². The second kappa shape index (κ2) is 11.0. The van der Waals surface area contributed by atoms with Crippen molar-refractivity contribution >= 4 is 11.9 Å². The van der Waals surface area contributed by atoms with Crippen molar-refractivity contribution in [1.29, 1.82) is 0 Å². The van der Waals surface area contributed by atoms with Crippen molar-refractivity contribution in [2.24, 2.45) is 0 Å². The normalized spacial score (nSPS) is 19.1. The van der Waals surface area contributed by atoms with Gasteiger partial charge in [0.05, 0.1) is 43.1 Å². The molecule has 3 heterocycles. The van der Waals surface area contributed by atoms with Crippen LogP contribution in [0.25, 0.3) is 11.1 Å². The fourth-order valence-corrected chi connectivity index (χ4v) is 5.11. The summed E-state index contributed by atoms with van der Waals surface area (Å²) >= 11 is 0. The molecule has 0 radical (unpaired) electrons. The Labute approximate surface area is 237 Å². The molecule has 2 aliphatic rings. The molecule has 7 nitrogen and oxygen atoms in total. The van der Waals surface area contributed by atoms with Gasteiger partial charge in [0.1, 0.15) is 17.7 Å². The van der Waals surface area contributed by atoms with E-state index in [4.69, 9.17) is 14.5 Å². The van der Waals surface area contributed by atoms with Crippen LogP contribution >= 0.6 is 0 Å². The van der Waals surface area contributed by atoms with Crippen LogP contribution in [0.5, 0.6) is 5.75 Å². The summed E-state index contributed by atoms with van der Waals surface area (Å²) in [6, 6.07) is 8.97. The maximum absolute atomic E-state index is 13.5. The molecule has 2 aliphatic heterocycles. The van der Waals surface area contributed by atoms with E-state index in [-0.39, 0.29) is 19.2 Å². The summed E-state index contributed by atoms with van der Waals surface area (Å²) < 4.78 is 91.9. The zero-order valence-electron chi connectivity index (χ0n) is 22.6. The van der Waals surface area contributed by atoms with Gasteiger partial charge in [-0.25, -0.2) is 9.78 Å². The van der Waals surface area contributed by atoms with Gasteiger partial charge < -0.3 is 19.5 Å². The van der Waals surface area contributed by atoms with Crippen molar-refractivity contribution in [2.75, 3.05) is 25.1 Å². The highest BCUT2D eigenvalue weighted by atomic mass is 19.4. The van der Waals surface area contributed by atoms with Gasteiger partial charge in [0.25, 0.3) is 0 Å². The molecule has 1 aromatic heterocycles. The van der Waals surface area contributed by atoms with Gasteiger partial charge in [-0.15, -0.1) is 0 Å². The largest absolute Gasteiger partial charge is 0.496 e. The first kappa shape index (κ1) is 29.5. The van der Waals surface area contributed by atoms with Crippen LogP contribution in [-0.2, 0) is 30.2 Å². The number of aliphatic hydroxyl groups is 1. The summed E-state index contributed by atoms with van der Waals surface area (Å²) in [4.78, 5) is 21.1. The van der Waals surface area contributed by atoms with Crippen LogP contribution < -0.4 is 9.64 Å². The smallest absolute Gasteiger partial charge is 0.416 e. The minimum absolute atomic E-state index is 0.0358. The Hall–Kier alpha value is -4.00. The molecule has 2 aromatic carbocycles. The number of methoxy groups -OCH3 is 1. The van der Waals surface area contributed by atoms with Gasteiger partial charge >= 0.3 is 18.4 Å². The fraction of sp³-hybridized carbons (Fsp3) is 0.379. The van der Waals surface area contributed by atoms with Gasteiger partial charge in [0.15, 0.2) is 0 Å². The van der Waals surface area contributed by atoms with Crippen molar-refractivity contribution in [1.82, 2.24) is 9.88 Å². The van der Waals surface area contributed by atoms with Crippen molar-refractivity contribution < 1.29 is 45.7 Å². The standard InChI is InChI=1S/C29H27F6N3O4/c1-16-26(18-11-19(28(30,31)32)13-20(12-18)29(33,34)35)42-27(40)38(16)14-23-21(5-7-25(36-23)37-8-3-9-37)22-10-17(15-39)4-6-24(22)41-2/h4-7,10-13,16,26,39H,3,8-9,14-15H2,1-2H3. The summed E-state index contributed by atoms with van der Waals surface area (Å²) in [7, 11) is 1.48. The van der Waals surface area contributed by atoms with Crippen molar-refractivity contribution in [3.8, 4) is 16.9 Å². The van der Waals surface area contributed by atoms with Crippen LogP contribution in [0, 0.1) is 0 Å². The fourth-order valence-electron chi connectivity index (χ4n) is 5.11. The summed E-state index contributed by atoms with van der Waals surface area (Å²) in [6.45, 7) is 2.69. The Morgan fingerprint density at radius 2 is 1.64 bits per heavy atom. The number of amides is 1. The number of aliphatic hydroxyl groups excluding tert-OH is 1. The molecule has 0 saturated carbocycles. The van der Waals surface area contributed by atoms with Crippen LogP contribution in [0.2, 0.25) is 0 Å². The van der Waals surface area contributed by atoms with Gasteiger partial charge in [-0.2, -0.15) is 26.3 Å². The Bertz CT molecular complexity index is 1460. The van der Waals surface area contributed by atoms with Crippen LogP contribution in [-0.4, -0.2) is 47.3 Å². The van der Waals surface area contributed by atoms with Gasteiger partial charge in [-0.1, -0.05) is 6.07 Å². The molecule has 13 heteroatoms. The number of carbonyl (C=O) groups is 1. The number of hydrogen-bond donors (Lipinski definition) is 1. The number of hydrogen-bond acceptors (Lipinski definition) is 6. The third kappa shape index (κ3) is 5.69. The molecule has 2 saturated heterocycles. The van der Waals surface area contributed by atoms with Crippen molar-refractivity contribution in [3.05, 3.63) is 76.5 Å². The maximum Gasteiger partial charge on any atom is 0.416 e. The van der Waals surface area contributed by atoms with E-state index in [1.165, 1.54) is 18.9 Å². The molecule has 0 aliphatic carbocycles. The Kier molecular flexibility index (Phi) is 7.73. The summed E-state index contributed by atoms with van der Waals surface area (Å²) in [5.41, 5.74) is -1.22. The minimum Gasteiger partial charge on any atom is -0.496 e. The van der Waals surface area contributed by atoms with E-state index in [0.29, 0.717) is 46.1 Å². The highest BCUT2D eigenvalue weighted by molar-refractivity contribution is 5.76. The Balaban J connectivity index is 1.54. The average Bonchev–Trinajstić information content (AvgIpc) is 3.19. The molecular formula is C29H27F6N3O4. The van der Waals surface area contributed by atoms with Gasteiger partial charge in [0.2, 0.25) is 0 Å².